The van der Waals surface area contributed by atoms with Crippen LogP contribution in [0, 0.1) is 5.82 Å². The third-order valence-electron chi connectivity index (χ3n) is 2.23. The molecule has 1 aromatic carbocycles. The number of rotatable bonds is 2. The van der Waals surface area contributed by atoms with Gasteiger partial charge in [0.2, 0.25) is 0 Å². The molecule has 0 unspecified atom stereocenters. The molecule has 4 heteroatoms. The Hall–Kier alpha value is -2.23. The number of aromatic nitrogens is 1. The molecule has 2 N–H and O–H groups in total. The van der Waals surface area contributed by atoms with Crippen LogP contribution < -0.4 is 5.73 Å². The summed E-state index contributed by atoms with van der Waals surface area (Å²) in [5.74, 6) is -1.45. The third-order valence-corrected chi connectivity index (χ3v) is 2.23. The molecule has 0 fully saturated rings. The summed E-state index contributed by atoms with van der Waals surface area (Å²) in [7, 11) is 0. The van der Waals surface area contributed by atoms with Crippen LogP contribution in [-0.2, 0) is 0 Å². The minimum absolute atomic E-state index is 0.193. The number of primary amides is 1. The van der Waals surface area contributed by atoms with Crippen molar-refractivity contribution in [3.8, 4) is 11.1 Å². The molecule has 0 spiro atoms. The van der Waals surface area contributed by atoms with Crippen molar-refractivity contribution in [2.24, 2.45) is 5.73 Å². The minimum Gasteiger partial charge on any atom is -0.365 e. The summed E-state index contributed by atoms with van der Waals surface area (Å²) in [4.78, 5) is 14.7. The number of halogens is 1. The van der Waals surface area contributed by atoms with Crippen molar-refractivity contribution in [3.63, 3.8) is 0 Å². The summed E-state index contributed by atoms with van der Waals surface area (Å²) in [6.07, 6.45) is 2.50. The van der Waals surface area contributed by atoms with Crippen molar-refractivity contribution in [2.75, 3.05) is 0 Å². The van der Waals surface area contributed by atoms with E-state index in [0.29, 0.717) is 5.56 Å². The summed E-state index contributed by atoms with van der Waals surface area (Å²) < 4.78 is 13.9. The standard InChI is InChI=1S/C12H9FN2O/c13-11-9(8-4-2-1-3-5-8)6-15-7-10(11)12(14)16/h1-7H,(H2,14,16). The van der Waals surface area contributed by atoms with Crippen LogP contribution >= 0.6 is 0 Å². The van der Waals surface area contributed by atoms with Crippen LogP contribution in [0.5, 0.6) is 0 Å². The molecule has 1 aromatic heterocycles. The number of nitrogens with two attached hydrogens (primary N) is 1. The lowest BCUT2D eigenvalue weighted by atomic mass is 10.1. The largest absolute Gasteiger partial charge is 0.365 e. The van der Waals surface area contributed by atoms with Gasteiger partial charge in [-0.15, -0.1) is 0 Å². The molecule has 2 rings (SSSR count). The van der Waals surface area contributed by atoms with Crippen molar-refractivity contribution in [2.45, 2.75) is 0 Å². The SMILES string of the molecule is NC(=O)c1cncc(-c2ccccc2)c1F. The summed E-state index contributed by atoms with van der Waals surface area (Å²) >= 11 is 0. The van der Waals surface area contributed by atoms with Crippen molar-refractivity contribution in [3.05, 3.63) is 54.1 Å². The smallest absolute Gasteiger partial charge is 0.253 e. The summed E-state index contributed by atoms with van der Waals surface area (Å²) in [6.45, 7) is 0. The molecular formula is C12H9FN2O. The fourth-order valence-electron chi connectivity index (χ4n) is 1.44. The third kappa shape index (κ3) is 1.77. The first-order valence-corrected chi connectivity index (χ1v) is 4.69. The number of amides is 1. The van der Waals surface area contributed by atoms with Gasteiger partial charge in [0.1, 0.15) is 5.82 Å². The lowest BCUT2D eigenvalue weighted by Gasteiger charge is -2.05. The Kier molecular flexibility index (Phi) is 2.64. The van der Waals surface area contributed by atoms with E-state index in [1.54, 1.807) is 24.3 Å². The molecule has 0 radical (unpaired) electrons. The van der Waals surface area contributed by atoms with Gasteiger partial charge in [0.05, 0.1) is 5.56 Å². The molecule has 16 heavy (non-hydrogen) atoms. The number of carbonyl (C=O) groups excluding carboxylic acids is 1. The Morgan fingerprint density at radius 2 is 1.88 bits per heavy atom. The first-order chi connectivity index (χ1) is 7.70. The van der Waals surface area contributed by atoms with E-state index in [0.717, 1.165) is 6.20 Å². The maximum Gasteiger partial charge on any atom is 0.253 e. The highest BCUT2D eigenvalue weighted by Gasteiger charge is 2.13. The quantitative estimate of drug-likeness (QED) is 0.834. The Bertz CT molecular complexity index is 526. The highest BCUT2D eigenvalue weighted by molar-refractivity contribution is 5.94. The van der Waals surface area contributed by atoms with Crippen molar-refractivity contribution < 1.29 is 9.18 Å². The van der Waals surface area contributed by atoms with Gasteiger partial charge >= 0.3 is 0 Å². The second-order valence-electron chi connectivity index (χ2n) is 3.28. The lowest BCUT2D eigenvalue weighted by molar-refractivity contribution is 0.0996. The van der Waals surface area contributed by atoms with E-state index in [9.17, 15) is 9.18 Å². The monoisotopic (exact) mass is 216 g/mol. The van der Waals surface area contributed by atoms with Crippen LogP contribution in [0.15, 0.2) is 42.7 Å². The molecular weight excluding hydrogens is 207 g/mol. The van der Waals surface area contributed by atoms with Gasteiger partial charge in [-0.25, -0.2) is 4.39 Å². The molecule has 3 nitrogen and oxygen atoms in total. The molecule has 1 amide bonds. The maximum atomic E-state index is 13.9. The highest BCUT2D eigenvalue weighted by Crippen LogP contribution is 2.23. The molecule has 0 saturated heterocycles. The first kappa shape index (κ1) is 10.3. The Labute approximate surface area is 91.7 Å². The van der Waals surface area contributed by atoms with Crippen molar-refractivity contribution >= 4 is 5.91 Å². The summed E-state index contributed by atoms with van der Waals surface area (Å²) in [5.41, 5.74) is 5.79. The molecule has 0 atom stereocenters. The van der Waals surface area contributed by atoms with E-state index in [4.69, 9.17) is 5.73 Å². The minimum atomic E-state index is -0.817. The van der Waals surface area contributed by atoms with Crippen molar-refractivity contribution in [1.82, 2.24) is 4.98 Å². The number of benzene rings is 1. The van der Waals surface area contributed by atoms with E-state index < -0.39 is 11.7 Å². The molecule has 2 aromatic rings. The van der Waals surface area contributed by atoms with Crippen LogP contribution in [0.2, 0.25) is 0 Å². The van der Waals surface area contributed by atoms with Gasteiger partial charge in [-0.05, 0) is 5.56 Å². The predicted molar refractivity (Wildman–Crippen MR) is 58.1 cm³/mol. The topological polar surface area (TPSA) is 56.0 Å². The second kappa shape index (κ2) is 4.10. The highest BCUT2D eigenvalue weighted by atomic mass is 19.1. The summed E-state index contributed by atoms with van der Waals surface area (Å²) in [6, 6.07) is 8.87. The van der Waals surface area contributed by atoms with Crippen molar-refractivity contribution in [1.29, 1.82) is 0 Å². The zero-order valence-corrected chi connectivity index (χ0v) is 8.35. The molecule has 0 bridgehead atoms. The van der Waals surface area contributed by atoms with E-state index in [-0.39, 0.29) is 11.1 Å². The predicted octanol–water partition coefficient (Wildman–Crippen LogP) is 1.99. The van der Waals surface area contributed by atoms with Crippen LogP contribution in [0.3, 0.4) is 0 Å². The molecule has 0 aliphatic carbocycles. The van der Waals surface area contributed by atoms with Gasteiger partial charge in [0, 0.05) is 18.0 Å². The zero-order valence-electron chi connectivity index (χ0n) is 8.35. The van der Waals surface area contributed by atoms with Gasteiger partial charge < -0.3 is 5.73 Å². The van der Waals surface area contributed by atoms with Gasteiger partial charge in [0.25, 0.3) is 5.91 Å². The average molecular weight is 216 g/mol. The summed E-state index contributed by atoms with van der Waals surface area (Å²) in [5, 5.41) is 0. The Balaban J connectivity index is 2.59. The number of carbonyl (C=O) groups is 1. The molecule has 0 aliphatic rings. The second-order valence-corrected chi connectivity index (χ2v) is 3.28. The molecule has 0 aliphatic heterocycles. The number of hydrogen-bond donors (Lipinski definition) is 1. The first-order valence-electron chi connectivity index (χ1n) is 4.69. The molecule has 80 valence electrons. The van der Waals surface area contributed by atoms with Gasteiger partial charge in [-0.1, -0.05) is 30.3 Å². The molecule has 0 saturated carbocycles. The van der Waals surface area contributed by atoms with Gasteiger partial charge in [-0.2, -0.15) is 0 Å². The van der Waals surface area contributed by atoms with Crippen LogP contribution in [0.25, 0.3) is 11.1 Å². The normalized spacial score (nSPS) is 10.1. The number of hydrogen-bond acceptors (Lipinski definition) is 2. The molecule has 1 heterocycles. The van der Waals surface area contributed by atoms with Crippen LogP contribution in [-0.4, -0.2) is 10.9 Å². The van der Waals surface area contributed by atoms with E-state index >= 15 is 0 Å². The number of nitrogens with zero attached hydrogens (tertiary/aromatic N) is 1. The van der Waals surface area contributed by atoms with E-state index in [1.165, 1.54) is 6.20 Å². The van der Waals surface area contributed by atoms with Gasteiger partial charge in [-0.3, -0.25) is 9.78 Å². The van der Waals surface area contributed by atoms with E-state index in [2.05, 4.69) is 4.98 Å². The maximum absolute atomic E-state index is 13.9. The fraction of sp³-hybridized carbons (Fsp3) is 0. The Morgan fingerprint density at radius 3 is 2.50 bits per heavy atom. The van der Waals surface area contributed by atoms with Crippen LogP contribution in [0.4, 0.5) is 4.39 Å². The Morgan fingerprint density at radius 1 is 1.19 bits per heavy atom. The fourth-order valence-corrected chi connectivity index (χ4v) is 1.44. The lowest BCUT2D eigenvalue weighted by Crippen LogP contribution is -2.14. The average Bonchev–Trinajstić information content (AvgIpc) is 2.30. The van der Waals surface area contributed by atoms with Crippen LogP contribution in [0.1, 0.15) is 10.4 Å². The van der Waals surface area contributed by atoms with Gasteiger partial charge in [0.15, 0.2) is 0 Å². The number of pyridine rings is 1. The van der Waals surface area contributed by atoms with E-state index in [1.807, 2.05) is 6.07 Å². The zero-order chi connectivity index (χ0) is 11.5.